The maximum absolute atomic E-state index is 3.56. The molecule has 1 nitrogen and oxygen atoms in total. The van der Waals surface area contributed by atoms with Crippen molar-refractivity contribution < 1.29 is 0 Å². The summed E-state index contributed by atoms with van der Waals surface area (Å²) in [6, 6.07) is 0.763. The molecule has 1 fully saturated rings. The first-order valence-electron chi connectivity index (χ1n) is 4.73. The summed E-state index contributed by atoms with van der Waals surface area (Å²) in [7, 11) is 0. The van der Waals surface area contributed by atoms with Gasteiger partial charge in [0.25, 0.3) is 0 Å². The summed E-state index contributed by atoms with van der Waals surface area (Å²) >= 11 is 2.08. The molecule has 1 heterocycles. The average Bonchev–Trinajstić information content (AvgIpc) is 2.05. The standard InChI is InChI=1S/C10H19NS/c1-9(2)5-6-11-10-4-3-7-12-8-10/h5,10-11H,3-4,6-8H2,1-2H3. The number of nitrogens with one attached hydrogen (secondary N) is 1. The molecular weight excluding hydrogens is 166 g/mol. The first-order valence-corrected chi connectivity index (χ1v) is 5.89. The lowest BCUT2D eigenvalue weighted by Gasteiger charge is -2.21. The van der Waals surface area contributed by atoms with Gasteiger partial charge in [-0.15, -0.1) is 0 Å². The van der Waals surface area contributed by atoms with Crippen LogP contribution in [-0.4, -0.2) is 24.1 Å². The fraction of sp³-hybridized carbons (Fsp3) is 0.800. The van der Waals surface area contributed by atoms with E-state index in [4.69, 9.17) is 0 Å². The first kappa shape index (κ1) is 10.1. The third-order valence-electron chi connectivity index (χ3n) is 2.08. The number of hydrogen-bond donors (Lipinski definition) is 1. The topological polar surface area (TPSA) is 12.0 Å². The molecule has 70 valence electrons. The molecule has 1 aliphatic heterocycles. The van der Waals surface area contributed by atoms with Crippen LogP contribution in [0.15, 0.2) is 11.6 Å². The molecule has 0 spiro atoms. The molecule has 0 aromatic heterocycles. The summed E-state index contributed by atoms with van der Waals surface area (Å²) in [5.74, 6) is 2.66. The van der Waals surface area contributed by atoms with E-state index in [9.17, 15) is 0 Å². The fourth-order valence-corrected chi connectivity index (χ4v) is 2.44. The maximum atomic E-state index is 3.56. The third-order valence-corrected chi connectivity index (χ3v) is 3.29. The van der Waals surface area contributed by atoms with Crippen molar-refractivity contribution >= 4 is 11.8 Å². The lowest BCUT2D eigenvalue weighted by Crippen LogP contribution is -2.33. The number of thioether (sulfide) groups is 1. The lowest BCUT2D eigenvalue weighted by atomic mass is 10.2. The molecule has 0 aromatic carbocycles. The van der Waals surface area contributed by atoms with Gasteiger partial charge in [0.15, 0.2) is 0 Å². The fourth-order valence-electron chi connectivity index (χ4n) is 1.33. The molecule has 0 bridgehead atoms. The third kappa shape index (κ3) is 4.17. The van der Waals surface area contributed by atoms with E-state index in [0.29, 0.717) is 0 Å². The smallest absolute Gasteiger partial charge is 0.0161 e. The second-order valence-corrected chi connectivity index (χ2v) is 4.75. The van der Waals surface area contributed by atoms with Gasteiger partial charge in [0.1, 0.15) is 0 Å². The Kier molecular flexibility index (Phi) is 4.77. The quantitative estimate of drug-likeness (QED) is 0.678. The molecule has 0 aliphatic carbocycles. The Bertz CT molecular complexity index is 144. The van der Waals surface area contributed by atoms with Crippen molar-refractivity contribution in [1.82, 2.24) is 5.32 Å². The molecule has 2 heteroatoms. The first-order chi connectivity index (χ1) is 5.79. The Balaban J connectivity index is 2.09. The Morgan fingerprint density at radius 1 is 1.58 bits per heavy atom. The highest BCUT2D eigenvalue weighted by atomic mass is 32.2. The molecular formula is C10H19NS. The summed E-state index contributed by atoms with van der Waals surface area (Å²) in [6.45, 7) is 5.35. The summed E-state index contributed by atoms with van der Waals surface area (Å²) in [6.07, 6.45) is 5.01. The predicted octanol–water partition coefficient (Wildman–Crippen LogP) is 2.44. The second-order valence-electron chi connectivity index (χ2n) is 3.60. The van der Waals surface area contributed by atoms with Crippen LogP contribution >= 0.6 is 11.8 Å². The van der Waals surface area contributed by atoms with Crippen LogP contribution in [0.5, 0.6) is 0 Å². The number of hydrogen-bond acceptors (Lipinski definition) is 2. The van der Waals surface area contributed by atoms with Crippen molar-refractivity contribution in [2.24, 2.45) is 0 Å². The Morgan fingerprint density at radius 3 is 3.00 bits per heavy atom. The Morgan fingerprint density at radius 2 is 2.42 bits per heavy atom. The van der Waals surface area contributed by atoms with Gasteiger partial charge in [-0.25, -0.2) is 0 Å². The van der Waals surface area contributed by atoms with Crippen molar-refractivity contribution in [1.29, 1.82) is 0 Å². The maximum Gasteiger partial charge on any atom is 0.0161 e. The van der Waals surface area contributed by atoms with Gasteiger partial charge in [-0.2, -0.15) is 11.8 Å². The minimum atomic E-state index is 0.763. The van der Waals surface area contributed by atoms with E-state index in [1.54, 1.807) is 0 Å². The molecule has 1 atom stereocenters. The van der Waals surface area contributed by atoms with Gasteiger partial charge in [-0.3, -0.25) is 0 Å². The van der Waals surface area contributed by atoms with Crippen molar-refractivity contribution in [3.05, 3.63) is 11.6 Å². The van der Waals surface area contributed by atoms with Crippen molar-refractivity contribution in [2.45, 2.75) is 32.7 Å². The molecule has 1 aliphatic rings. The van der Waals surface area contributed by atoms with Crippen LogP contribution in [0.1, 0.15) is 26.7 Å². The van der Waals surface area contributed by atoms with E-state index >= 15 is 0 Å². The van der Waals surface area contributed by atoms with E-state index in [1.165, 1.54) is 29.9 Å². The van der Waals surface area contributed by atoms with Crippen LogP contribution in [-0.2, 0) is 0 Å². The minimum absolute atomic E-state index is 0.763. The highest BCUT2D eigenvalue weighted by Gasteiger charge is 2.11. The van der Waals surface area contributed by atoms with Gasteiger partial charge >= 0.3 is 0 Å². The van der Waals surface area contributed by atoms with Crippen LogP contribution in [0, 0.1) is 0 Å². The van der Waals surface area contributed by atoms with Crippen molar-refractivity contribution in [2.75, 3.05) is 18.1 Å². The predicted molar refractivity (Wildman–Crippen MR) is 57.8 cm³/mol. The van der Waals surface area contributed by atoms with Gasteiger partial charge < -0.3 is 5.32 Å². The average molecular weight is 185 g/mol. The van der Waals surface area contributed by atoms with E-state index < -0.39 is 0 Å². The highest BCUT2D eigenvalue weighted by molar-refractivity contribution is 7.99. The van der Waals surface area contributed by atoms with E-state index in [0.717, 1.165) is 12.6 Å². The minimum Gasteiger partial charge on any atom is -0.310 e. The van der Waals surface area contributed by atoms with Crippen LogP contribution < -0.4 is 5.32 Å². The van der Waals surface area contributed by atoms with Gasteiger partial charge in [0, 0.05) is 18.3 Å². The molecule has 0 radical (unpaired) electrons. The summed E-state index contributed by atoms with van der Waals surface area (Å²) in [4.78, 5) is 0. The molecule has 12 heavy (non-hydrogen) atoms. The Hall–Kier alpha value is 0.0500. The summed E-state index contributed by atoms with van der Waals surface area (Å²) in [5.41, 5.74) is 1.41. The summed E-state index contributed by atoms with van der Waals surface area (Å²) < 4.78 is 0. The monoisotopic (exact) mass is 185 g/mol. The largest absolute Gasteiger partial charge is 0.310 e. The molecule has 0 aromatic rings. The van der Waals surface area contributed by atoms with Crippen LogP contribution in [0.4, 0.5) is 0 Å². The zero-order valence-electron chi connectivity index (χ0n) is 8.10. The van der Waals surface area contributed by atoms with Gasteiger partial charge in [-0.05, 0) is 32.4 Å². The number of allylic oxidation sites excluding steroid dienone is 1. The van der Waals surface area contributed by atoms with Gasteiger partial charge in [0.2, 0.25) is 0 Å². The zero-order valence-corrected chi connectivity index (χ0v) is 8.91. The van der Waals surface area contributed by atoms with E-state index in [1.807, 2.05) is 0 Å². The van der Waals surface area contributed by atoms with Crippen LogP contribution in [0.2, 0.25) is 0 Å². The van der Waals surface area contributed by atoms with Crippen molar-refractivity contribution in [3.63, 3.8) is 0 Å². The van der Waals surface area contributed by atoms with Crippen molar-refractivity contribution in [3.8, 4) is 0 Å². The number of rotatable bonds is 3. The normalized spacial score (nSPS) is 23.7. The molecule has 1 rings (SSSR count). The van der Waals surface area contributed by atoms with Crippen LogP contribution in [0.25, 0.3) is 0 Å². The molecule has 1 saturated heterocycles. The lowest BCUT2D eigenvalue weighted by molar-refractivity contribution is 0.534. The highest BCUT2D eigenvalue weighted by Crippen LogP contribution is 2.16. The van der Waals surface area contributed by atoms with Crippen LogP contribution in [0.3, 0.4) is 0 Å². The SMILES string of the molecule is CC(C)=CCNC1CCCSC1. The Labute approximate surface area is 80.0 Å². The molecule has 1 unspecified atom stereocenters. The van der Waals surface area contributed by atoms with Gasteiger partial charge in [-0.1, -0.05) is 11.6 Å². The summed E-state index contributed by atoms with van der Waals surface area (Å²) in [5, 5.41) is 3.56. The molecule has 0 amide bonds. The van der Waals surface area contributed by atoms with Gasteiger partial charge in [0.05, 0.1) is 0 Å². The zero-order chi connectivity index (χ0) is 8.81. The van der Waals surface area contributed by atoms with E-state index in [-0.39, 0.29) is 0 Å². The van der Waals surface area contributed by atoms with E-state index in [2.05, 4.69) is 37.0 Å². The molecule has 0 saturated carbocycles. The second kappa shape index (κ2) is 5.65. The molecule has 1 N–H and O–H groups in total.